The van der Waals surface area contributed by atoms with E-state index in [1.54, 1.807) is 5.32 Å². The number of cyclic esters (lactones) is 1. The minimum atomic E-state index is -5.30. The fraction of sp³-hybridized carbons (Fsp3) is 0.571. The Morgan fingerprint density at radius 2 is 1.57 bits per heavy atom. The number of halogens is 10. The maximum Gasteiger partial charge on any atom is 0.471 e. The lowest BCUT2D eigenvalue weighted by molar-refractivity contribution is -0.177. The first-order valence-electron chi connectivity index (χ1n) is 11.3. The number of hydrogen-bond donors (Lipinski definition) is 2. The number of benzene rings is 1. The van der Waals surface area contributed by atoms with Gasteiger partial charge in [-0.1, -0.05) is 34.8 Å². The number of rotatable bonds is 6. The standard InChI is InChI=1S/C21H21Cl3F7N5O4/c1-18(25)10-34(6-7-36(18)14(19(22,23)24)33-16(38)21(29,30)31)11-2-4-12(5-3-11)35-9-13(40-17(35)39)8-32-15(37)20(26,27)28/h2-5,13-14H,6-10H2,1H3,(H,32,37)(H,33,38). The van der Waals surface area contributed by atoms with Crippen molar-refractivity contribution in [1.29, 1.82) is 0 Å². The second kappa shape index (κ2) is 11.4. The molecule has 2 aliphatic rings. The van der Waals surface area contributed by atoms with Crippen LogP contribution >= 0.6 is 34.8 Å². The van der Waals surface area contributed by atoms with Gasteiger partial charge in [-0.2, -0.15) is 26.3 Å². The van der Waals surface area contributed by atoms with Crippen molar-refractivity contribution in [2.45, 2.75) is 41.1 Å². The van der Waals surface area contributed by atoms with Crippen LogP contribution in [0.3, 0.4) is 0 Å². The molecular weight excluding hydrogens is 626 g/mol. The zero-order valence-corrected chi connectivity index (χ0v) is 22.5. The normalized spacial score (nSPS) is 23.6. The summed E-state index contributed by atoms with van der Waals surface area (Å²) in [5, 5.41) is 3.16. The molecule has 9 nitrogen and oxygen atoms in total. The fourth-order valence-corrected chi connectivity index (χ4v) is 4.65. The average molecular weight is 647 g/mol. The van der Waals surface area contributed by atoms with Crippen molar-refractivity contribution in [2.24, 2.45) is 0 Å². The van der Waals surface area contributed by atoms with Crippen LogP contribution in [-0.2, 0) is 14.3 Å². The van der Waals surface area contributed by atoms with Crippen LogP contribution < -0.4 is 20.4 Å². The van der Waals surface area contributed by atoms with E-state index in [0.717, 1.165) is 16.7 Å². The number of anilines is 2. The minimum absolute atomic E-state index is 0.0325. The Bertz CT molecular complexity index is 1120. The lowest BCUT2D eigenvalue weighted by Gasteiger charge is -2.49. The third-order valence-corrected chi connectivity index (χ3v) is 6.60. The Morgan fingerprint density at radius 1 is 1.02 bits per heavy atom. The second-order valence-corrected chi connectivity index (χ2v) is 11.4. The SMILES string of the molecule is CC1(F)CN(c2ccc(N3CC(CNC(=O)C(F)(F)F)OC3=O)cc2)CCN1C(NC(=O)C(F)(F)F)C(Cl)(Cl)Cl. The Kier molecular flexibility index (Phi) is 9.19. The summed E-state index contributed by atoms with van der Waals surface area (Å²) >= 11 is 17.3. The van der Waals surface area contributed by atoms with Crippen molar-refractivity contribution in [2.75, 3.05) is 42.5 Å². The predicted molar refractivity (Wildman–Crippen MR) is 130 cm³/mol. The van der Waals surface area contributed by atoms with Gasteiger partial charge in [0.05, 0.1) is 19.6 Å². The third kappa shape index (κ3) is 7.64. The van der Waals surface area contributed by atoms with E-state index in [9.17, 15) is 40.7 Å². The third-order valence-electron chi connectivity index (χ3n) is 5.98. The van der Waals surface area contributed by atoms with Gasteiger partial charge in [-0.3, -0.25) is 14.5 Å². The predicted octanol–water partition coefficient (Wildman–Crippen LogP) is 3.87. The first-order chi connectivity index (χ1) is 18.2. The molecular formula is C21H21Cl3F7N5O4. The Labute approximate surface area is 237 Å². The smallest absolute Gasteiger partial charge is 0.442 e. The van der Waals surface area contributed by atoms with Gasteiger partial charge in [-0.05, 0) is 31.2 Å². The van der Waals surface area contributed by atoms with Gasteiger partial charge in [0, 0.05) is 24.5 Å². The van der Waals surface area contributed by atoms with Crippen molar-refractivity contribution in [1.82, 2.24) is 15.5 Å². The van der Waals surface area contributed by atoms with Gasteiger partial charge in [0.2, 0.25) is 3.79 Å². The zero-order valence-electron chi connectivity index (χ0n) is 20.3. The van der Waals surface area contributed by atoms with Crippen molar-refractivity contribution in [3.05, 3.63) is 24.3 Å². The largest absolute Gasteiger partial charge is 0.471 e. The summed E-state index contributed by atoms with van der Waals surface area (Å²) in [6.45, 7) is -0.330. The minimum Gasteiger partial charge on any atom is -0.442 e. The molecule has 3 atom stereocenters. The van der Waals surface area contributed by atoms with E-state index in [4.69, 9.17) is 39.5 Å². The number of nitrogens with one attached hydrogen (secondary N) is 2. The van der Waals surface area contributed by atoms with Crippen LogP contribution in [0.1, 0.15) is 6.92 Å². The van der Waals surface area contributed by atoms with Gasteiger partial charge in [-0.25, -0.2) is 14.1 Å². The van der Waals surface area contributed by atoms with Crippen molar-refractivity contribution >= 4 is 64.1 Å². The Morgan fingerprint density at radius 3 is 2.08 bits per heavy atom. The fourth-order valence-electron chi connectivity index (χ4n) is 4.13. The monoisotopic (exact) mass is 645 g/mol. The lowest BCUT2D eigenvalue weighted by atomic mass is 10.1. The molecule has 0 radical (unpaired) electrons. The highest BCUT2D eigenvalue weighted by Gasteiger charge is 2.52. The molecule has 2 saturated heterocycles. The maximum absolute atomic E-state index is 15.7. The summed E-state index contributed by atoms with van der Waals surface area (Å²) in [5.41, 5.74) is 0.741. The van der Waals surface area contributed by atoms with Gasteiger partial charge < -0.3 is 20.3 Å². The van der Waals surface area contributed by atoms with Gasteiger partial charge in [0.25, 0.3) is 0 Å². The van der Waals surface area contributed by atoms with Crippen LogP contribution in [0.2, 0.25) is 0 Å². The van der Waals surface area contributed by atoms with Crippen LogP contribution in [0, 0.1) is 0 Å². The number of carbonyl (C=O) groups excluding carboxylic acids is 3. The molecule has 2 N–H and O–H groups in total. The molecule has 3 amide bonds. The number of alkyl halides is 10. The summed E-state index contributed by atoms with van der Waals surface area (Å²) < 4.78 is 93.6. The number of nitrogens with zero attached hydrogens (tertiary/aromatic N) is 3. The summed E-state index contributed by atoms with van der Waals surface area (Å²) in [4.78, 5) is 38.1. The number of amides is 3. The maximum atomic E-state index is 15.7. The molecule has 2 aliphatic heterocycles. The van der Waals surface area contributed by atoms with Crippen molar-refractivity contribution < 1.29 is 49.9 Å². The van der Waals surface area contributed by atoms with Crippen molar-refractivity contribution in [3.63, 3.8) is 0 Å². The molecule has 1 aromatic carbocycles. The molecule has 40 heavy (non-hydrogen) atoms. The first-order valence-corrected chi connectivity index (χ1v) is 12.4. The van der Waals surface area contributed by atoms with E-state index in [-0.39, 0.29) is 19.6 Å². The zero-order chi connectivity index (χ0) is 30.3. The van der Waals surface area contributed by atoms with E-state index in [1.165, 1.54) is 34.5 Å². The van der Waals surface area contributed by atoms with Crippen LogP contribution in [0.15, 0.2) is 24.3 Å². The molecule has 0 aliphatic carbocycles. The highest BCUT2D eigenvalue weighted by molar-refractivity contribution is 6.68. The molecule has 3 rings (SSSR count). The topological polar surface area (TPSA) is 94.2 Å². The summed E-state index contributed by atoms with van der Waals surface area (Å²) in [6.07, 6.45) is -14.2. The summed E-state index contributed by atoms with van der Waals surface area (Å²) in [5.74, 6) is -6.98. The van der Waals surface area contributed by atoms with Gasteiger partial charge in [0.1, 0.15) is 12.3 Å². The average Bonchev–Trinajstić information content (AvgIpc) is 3.19. The highest BCUT2D eigenvalue weighted by Crippen LogP contribution is 2.38. The summed E-state index contributed by atoms with van der Waals surface area (Å²) in [6, 6.07) is 5.93. The Balaban J connectivity index is 1.66. The van der Waals surface area contributed by atoms with Gasteiger partial charge in [-0.15, -0.1) is 0 Å². The second-order valence-electron chi connectivity index (χ2n) is 9.01. The van der Waals surface area contributed by atoms with E-state index in [1.807, 2.05) is 0 Å². The molecule has 0 aromatic heterocycles. The van der Waals surface area contributed by atoms with Crippen LogP contribution in [-0.4, -0.2) is 89.7 Å². The Hall–Kier alpha value is -2.43. The lowest BCUT2D eigenvalue weighted by Crippen LogP contribution is -2.69. The number of hydrogen-bond acceptors (Lipinski definition) is 6. The van der Waals surface area contributed by atoms with E-state index in [2.05, 4.69) is 0 Å². The van der Waals surface area contributed by atoms with Crippen LogP contribution in [0.5, 0.6) is 0 Å². The molecule has 2 fully saturated rings. The van der Waals surface area contributed by atoms with E-state index < -0.39 is 65.2 Å². The molecule has 0 saturated carbocycles. The number of carbonyl (C=O) groups is 3. The molecule has 19 heteroatoms. The molecule has 0 spiro atoms. The highest BCUT2D eigenvalue weighted by atomic mass is 35.6. The molecule has 2 heterocycles. The van der Waals surface area contributed by atoms with Crippen molar-refractivity contribution in [3.8, 4) is 0 Å². The van der Waals surface area contributed by atoms with E-state index in [0.29, 0.717) is 11.4 Å². The quantitative estimate of drug-likeness (QED) is 0.277. The molecule has 1 aromatic rings. The number of ether oxygens (including phenoxy) is 1. The molecule has 224 valence electrons. The number of piperazine rings is 1. The van der Waals surface area contributed by atoms with E-state index >= 15 is 4.39 Å². The van der Waals surface area contributed by atoms with Gasteiger partial charge in [0.15, 0.2) is 5.79 Å². The molecule has 0 bridgehead atoms. The van der Waals surface area contributed by atoms with Crippen LogP contribution in [0.4, 0.5) is 46.9 Å². The summed E-state index contributed by atoms with van der Waals surface area (Å²) in [7, 11) is 0. The first kappa shape index (κ1) is 32.1. The molecule has 3 unspecified atom stereocenters. The van der Waals surface area contributed by atoms with Gasteiger partial charge >= 0.3 is 30.3 Å². The van der Waals surface area contributed by atoms with Crippen LogP contribution in [0.25, 0.3) is 0 Å².